The van der Waals surface area contributed by atoms with Crippen molar-refractivity contribution in [1.82, 2.24) is 0 Å². The third-order valence-electron chi connectivity index (χ3n) is 5.31. The van der Waals surface area contributed by atoms with Crippen LogP contribution in [0.15, 0.2) is 40.9 Å². The lowest BCUT2D eigenvalue weighted by molar-refractivity contribution is 0.143. The Morgan fingerprint density at radius 2 is 1.60 bits per heavy atom. The zero-order chi connectivity index (χ0) is 13.7. The van der Waals surface area contributed by atoms with Crippen LogP contribution in [0.2, 0.25) is 0 Å². The zero-order valence-electron chi connectivity index (χ0n) is 11.4. The number of rotatable bonds is 2. The second-order valence-electron chi connectivity index (χ2n) is 6.32. The third kappa shape index (κ3) is 1.93. The first kappa shape index (κ1) is 12.8. The minimum Gasteiger partial charge on any atom is -0.388 e. The lowest BCUT2D eigenvalue weighted by Gasteiger charge is -2.15. The molecule has 1 nitrogen and oxygen atoms in total. The molecule has 104 valence electrons. The van der Waals surface area contributed by atoms with Crippen LogP contribution >= 0.6 is 15.9 Å². The van der Waals surface area contributed by atoms with Crippen LogP contribution in [0.5, 0.6) is 0 Å². The quantitative estimate of drug-likeness (QED) is 0.814. The molecule has 2 aliphatic carbocycles. The number of hydrogen-bond donors (Lipinski definition) is 1. The van der Waals surface area contributed by atoms with Crippen LogP contribution in [-0.2, 0) is 0 Å². The van der Waals surface area contributed by atoms with Crippen molar-refractivity contribution in [2.75, 3.05) is 0 Å². The lowest BCUT2D eigenvalue weighted by Crippen LogP contribution is -2.03. The maximum atomic E-state index is 10.9. The van der Waals surface area contributed by atoms with Crippen LogP contribution in [0.4, 0.5) is 0 Å². The number of halogens is 1. The molecule has 2 aromatic carbocycles. The summed E-state index contributed by atoms with van der Waals surface area (Å²) in [5.74, 6) is 2.06. The van der Waals surface area contributed by atoms with Gasteiger partial charge in [0.1, 0.15) is 0 Å². The van der Waals surface area contributed by atoms with Gasteiger partial charge in [0, 0.05) is 4.47 Å². The summed E-state index contributed by atoms with van der Waals surface area (Å²) >= 11 is 3.61. The maximum absolute atomic E-state index is 10.9. The monoisotopic (exact) mass is 330 g/mol. The molecule has 0 amide bonds. The van der Waals surface area contributed by atoms with Gasteiger partial charge in [0.05, 0.1) is 6.10 Å². The molecule has 1 N–H and O–H groups in total. The molecule has 0 saturated heterocycles. The first-order valence-corrected chi connectivity index (χ1v) is 8.42. The van der Waals surface area contributed by atoms with Crippen molar-refractivity contribution < 1.29 is 5.11 Å². The SMILES string of the molecule is OC(c1ccc(Br)c2ccccc12)C1C2CCCCC21. The van der Waals surface area contributed by atoms with Crippen molar-refractivity contribution in [1.29, 1.82) is 0 Å². The third-order valence-corrected chi connectivity index (χ3v) is 6.00. The molecule has 2 heteroatoms. The van der Waals surface area contributed by atoms with Crippen LogP contribution in [-0.4, -0.2) is 5.11 Å². The van der Waals surface area contributed by atoms with Gasteiger partial charge in [0.25, 0.3) is 0 Å². The molecule has 0 bridgehead atoms. The average molecular weight is 331 g/mol. The van der Waals surface area contributed by atoms with E-state index in [-0.39, 0.29) is 6.10 Å². The van der Waals surface area contributed by atoms with E-state index in [4.69, 9.17) is 0 Å². The van der Waals surface area contributed by atoms with Crippen LogP contribution in [0.3, 0.4) is 0 Å². The molecule has 0 radical (unpaired) electrons. The van der Waals surface area contributed by atoms with Crippen molar-refractivity contribution in [3.05, 3.63) is 46.4 Å². The van der Waals surface area contributed by atoms with Crippen LogP contribution in [0, 0.1) is 17.8 Å². The Balaban J connectivity index is 1.73. The van der Waals surface area contributed by atoms with Crippen molar-refractivity contribution >= 4 is 26.7 Å². The summed E-state index contributed by atoms with van der Waals surface area (Å²) in [5.41, 5.74) is 1.11. The molecule has 0 aliphatic heterocycles. The van der Waals surface area contributed by atoms with Gasteiger partial charge in [-0.1, -0.05) is 59.1 Å². The highest BCUT2D eigenvalue weighted by molar-refractivity contribution is 9.10. The van der Waals surface area contributed by atoms with E-state index in [1.807, 2.05) is 0 Å². The highest BCUT2D eigenvalue weighted by Crippen LogP contribution is 2.60. The minimum atomic E-state index is -0.291. The van der Waals surface area contributed by atoms with Gasteiger partial charge in [-0.2, -0.15) is 0 Å². The van der Waals surface area contributed by atoms with E-state index in [9.17, 15) is 5.11 Å². The first-order chi connectivity index (χ1) is 9.77. The van der Waals surface area contributed by atoms with Crippen molar-refractivity contribution in [2.24, 2.45) is 17.8 Å². The van der Waals surface area contributed by atoms with Crippen LogP contribution in [0.1, 0.15) is 37.4 Å². The standard InChI is InChI=1S/C18H19BrO/c19-16-10-9-15(11-5-1-2-6-12(11)16)18(20)17-13-7-3-4-8-14(13)17/h1-2,5-6,9-10,13-14,17-18,20H,3-4,7-8H2. The van der Waals surface area contributed by atoms with Gasteiger partial charge >= 0.3 is 0 Å². The minimum absolute atomic E-state index is 0.291. The average Bonchev–Trinajstić information content (AvgIpc) is 3.22. The number of aliphatic hydroxyl groups is 1. The Bertz CT molecular complexity index is 639. The molecule has 20 heavy (non-hydrogen) atoms. The van der Waals surface area contributed by atoms with Gasteiger partial charge < -0.3 is 5.11 Å². The highest BCUT2D eigenvalue weighted by atomic mass is 79.9. The van der Waals surface area contributed by atoms with Gasteiger partial charge in [-0.3, -0.25) is 0 Å². The molecule has 0 aromatic heterocycles. The number of aliphatic hydroxyl groups excluding tert-OH is 1. The molecular weight excluding hydrogens is 312 g/mol. The number of fused-ring (bicyclic) bond motifs is 2. The summed E-state index contributed by atoms with van der Waals surface area (Å²) in [6, 6.07) is 12.5. The van der Waals surface area contributed by atoms with E-state index in [1.54, 1.807) is 0 Å². The van der Waals surface area contributed by atoms with Gasteiger partial charge in [-0.25, -0.2) is 0 Å². The van der Waals surface area contributed by atoms with Crippen LogP contribution in [0.25, 0.3) is 10.8 Å². The number of benzene rings is 2. The molecule has 4 rings (SSSR count). The normalized spacial score (nSPS) is 30.0. The summed E-state index contributed by atoms with van der Waals surface area (Å²) in [7, 11) is 0. The van der Waals surface area contributed by atoms with E-state index >= 15 is 0 Å². The Morgan fingerprint density at radius 1 is 0.950 bits per heavy atom. The Hall–Kier alpha value is -0.860. The molecule has 0 spiro atoms. The van der Waals surface area contributed by atoms with Gasteiger partial charge in [-0.05, 0) is 53.0 Å². The Kier molecular flexibility index (Phi) is 3.12. The second kappa shape index (κ2) is 4.85. The summed E-state index contributed by atoms with van der Waals surface area (Å²) in [5, 5.41) is 13.3. The summed E-state index contributed by atoms with van der Waals surface area (Å²) in [6.07, 6.45) is 5.06. The van der Waals surface area contributed by atoms with Gasteiger partial charge in [0.2, 0.25) is 0 Å². The van der Waals surface area contributed by atoms with E-state index < -0.39 is 0 Å². The van der Waals surface area contributed by atoms with Crippen molar-refractivity contribution in [3.63, 3.8) is 0 Å². The summed E-state index contributed by atoms with van der Waals surface area (Å²) < 4.78 is 1.11. The van der Waals surface area contributed by atoms with Gasteiger partial charge in [-0.15, -0.1) is 0 Å². The highest BCUT2D eigenvalue weighted by Gasteiger charge is 2.54. The van der Waals surface area contributed by atoms with Crippen molar-refractivity contribution in [2.45, 2.75) is 31.8 Å². The molecular formula is C18H19BrO. The summed E-state index contributed by atoms with van der Waals surface area (Å²) in [6.45, 7) is 0. The molecule has 2 saturated carbocycles. The molecule has 3 atom stereocenters. The fraction of sp³-hybridized carbons (Fsp3) is 0.444. The smallest absolute Gasteiger partial charge is 0.0829 e. The van der Waals surface area contributed by atoms with Crippen molar-refractivity contribution in [3.8, 4) is 0 Å². The van der Waals surface area contributed by atoms with E-state index in [1.165, 1.54) is 36.5 Å². The largest absolute Gasteiger partial charge is 0.388 e. The van der Waals surface area contributed by atoms with E-state index in [0.717, 1.165) is 21.9 Å². The topological polar surface area (TPSA) is 20.2 Å². The van der Waals surface area contributed by atoms with E-state index in [0.29, 0.717) is 5.92 Å². The van der Waals surface area contributed by atoms with Gasteiger partial charge in [0.15, 0.2) is 0 Å². The zero-order valence-corrected chi connectivity index (χ0v) is 13.0. The maximum Gasteiger partial charge on any atom is 0.0829 e. The number of hydrogen-bond acceptors (Lipinski definition) is 1. The molecule has 3 unspecified atom stereocenters. The predicted molar refractivity (Wildman–Crippen MR) is 85.5 cm³/mol. The summed E-state index contributed by atoms with van der Waals surface area (Å²) in [4.78, 5) is 0. The first-order valence-electron chi connectivity index (χ1n) is 7.62. The lowest BCUT2D eigenvalue weighted by atomic mass is 9.96. The fourth-order valence-corrected chi connectivity index (χ4v) is 4.74. The Labute approximate surface area is 128 Å². The second-order valence-corrected chi connectivity index (χ2v) is 7.17. The molecule has 0 heterocycles. The predicted octanol–water partition coefficient (Wildman–Crippen LogP) is 5.07. The van der Waals surface area contributed by atoms with E-state index in [2.05, 4.69) is 52.3 Å². The molecule has 2 aromatic rings. The molecule has 2 aliphatic rings. The Morgan fingerprint density at radius 3 is 2.30 bits per heavy atom. The van der Waals surface area contributed by atoms with Crippen LogP contribution < -0.4 is 0 Å². The fourth-order valence-electron chi connectivity index (χ4n) is 4.27. The molecule has 2 fully saturated rings.